The number of benzene rings is 1. The molecule has 2 atom stereocenters. The molecule has 1 aromatic rings. The highest BCUT2D eigenvalue weighted by atomic mass is 79.9. The van der Waals surface area contributed by atoms with Crippen molar-refractivity contribution in [2.24, 2.45) is 0 Å². The van der Waals surface area contributed by atoms with E-state index >= 15 is 0 Å². The minimum atomic E-state index is -3.56. The quantitative estimate of drug-likeness (QED) is 0.858. The van der Waals surface area contributed by atoms with Gasteiger partial charge >= 0.3 is 0 Å². The molecule has 0 spiro atoms. The van der Waals surface area contributed by atoms with Crippen LogP contribution in [0.3, 0.4) is 0 Å². The average molecular weight is 343 g/mol. The Morgan fingerprint density at radius 2 is 2.05 bits per heavy atom. The third kappa shape index (κ3) is 3.56. The van der Waals surface area contributed by atoms with Crippen molar-refractivity contribution >= 4 is 26.0 Å². The molecule has 1 N–H and O–H groups in total. The van der Waals surface area contributed by atoms with E-state index in [1.165, 1.54) is 12.1 Å². The van der Waals surface area contributed by atoms with Gasteiger partial charge in [-0.25, -0.2) is 13.1 Å². The fourth-order valence-corrected chi connectivity index (χ4v) is 4.47. The molecular weight excluding hydrogens is 328 g/mol. The van der Waals surface area contributed by atoms with Crippen LogP contribution in [0.4, 0.5) is 0 Å². The van der Waals surface area contributed by atoms with Crippen LogP contribution in [-0.4, -0.2) is 19.3 Å². The second-order valence-electron chi connectivity index (χ2n) is 4.67. The van der Waals surface area contributed by atoms with E-state index in [1.807, 2.05) is 6.07 Å². The van der Waals surface area contributed by atoms with Gasteiger partial charge in [0.25, 0.3) is 0 Å². The number of sulfonamides is 1. The highest BCUT2D eigenvalue weighted by Crippen LogP contribution is 2.26. The minimum Gasteiger partial charge on any atom is -0.207 e. The summed E-state index contributed by atoms with van der Waals surface area (Å²) in [5, 5.41) is 8.82. The Kier molecular flexibility index (Phi) is 4.61. The van der Waals surface area contributed by atoms with E-state index in [9.17, 15) is 8.42 Å². The van der Waals surface area contributed by atoms with Crippen LogP contribution in [0.25, 0.3) is 0 Å². The van der Waals surface area contributed by atoms with Crippen LogP contribution in [0, 0.1) is 11.3 Å². The lowest BCUT2D eigenvalue weighted by Gasteiger charge is -2.27. The predicted octanol–water partition coefficient (Wildman–Crippen LogP) is 2.54. The van der Waals surface area contributed by atoms with E-state index in [4.69, 9.17) is 5.26 Å². The molecule has 102 valence electrons. The summed E-state index contributed by atoms with van der Waals surface area (Å²) in [4.78, 5) is 0.326. The molecule has 0 aliphatic heterocycles. The van der Waals surface area contributed by atoms with Gasteiger partial charge in [-0.2, -0.15) is 5.26 Å². The lowest BCUT2D eigenvalue weighted by Crippen LogP contribution is -2.42. The van der Waals surface area contributed by atoms with Crippen molar-refractivity contribution < 1.29 is 8.42 Å². The molecule has 1 aliphatic rings. The van der Waals surface area contributed by atoms with Gasteiger partial charge in [0.1, 0.15) is 0 Å². The van der Waals surface area contributed by atoms with E-state index in [1.54, 1.807) is 12.1 Å². The maximum Gasteiger partial charge on any atom is 0.240 e. The maximum atomic E-state index is 12.3. The number of hydrogen-bond donors (Lipinski definition) is 1. The fourth-order valence-electron chi connectivity index (χ4n) is 2.22. The summed E-state index contributed by atoms with van der Waals surface area (Å²) in [6, 6.07) is 7.95. The Bertz CT molecular complexity index is 595. The van der Waals surface area contributed by atoms with E-state index < -0.39 is 10.0 Å². The van der Waals surface area contributed by atoms with Crippen molar-refractivity contribution in [3.05, 3.63) is 29.8 Å². The summed E-state index contributed by atoms with van der Waals surface area (Å²) in [6.45, 7) is 0. The van der Waals surface area contributed by atoms with Crippen molar-refractivity contribution in [3.8, 4) is 6.07 Å². The van der Waals surface area contributed by atoms with Crippen LogP contribution in [0.2, 0.25) is 0 Å². The normalized spacial score (nSPS) is 23.8. The van der Waals surface area contributed by atoms with E-state index in [0.29, 0.717) is 5.56 Å². The molecule has 2 unspecified atom stereocenters. The molecule has 6 heteroatoms. The SMILES string of the molecule is N#Cc1cccc(S(=O)(=O)NC2CCCCC2Br)c1. The molecule has 2 rings (SSSR count). The molecule has 1 saturated carbocycles. The summed E-state index contributed by atoms with van der Waals surface area (Å²) in [5.41, 5.74) is 0.349. The Balaban J connectivity index is 2.20. The number of halogens is 1. The lowest BCUT2D eigenvalue weighted by molar-refractivity contribution is 0.427. The molecular formula is C13H15BrN2O2S. The molecule has 1 aromatic carbocycles. The van der Waals surface area contributed by atoms with Crippen LogP contribution in [0.1, 0.15) is 31.2 Å². The zero-order valence-electron chi connectivity index (χ0n) is 10.3. The Labute approximate surface area is 122 Å². The van der Waals surface area contributed by atoms with Crippen LogP contribution in [0.15, 0.2) is 29.2 Å². The molecule has 1 fully saturated rings. The second kappa shape index (κ2) is 6.04. The average Bonchev–Trinajstić information content (AvgIpc) is 2.41. The molecule has 0 radical (unpaired) electrons. The Morgan fingerprint density at radius 1 is 1.32 bits per heavy atom. The highest BCUT2D eigenvalue weighted by Gasteiger charge is 2.27. The summed E-state index contributed by atoms with van der Waals surface area (Å²) in [7, 11) is -3.56. The van der Waals surface area contributed by atoms with Crippen molar-refractivity contribution in [1.29, 1.82) is 5.26 Å². The van der Waals surface area contributed by atoms with Crippen LogP contribution < -0.4 is 4.72 Å². The number of hydrogen-bond acceptors (Lipinski definition) is 3. The summed E-state index contributed by atoms with van der Waals surface area (Å²) >= 11 is 3.53. The number of nitrogens with one attached hydrogen (secondary N) is 1. The van der Waals surface area contributed by atoms with Gasteiger partial charge in [-0.05, 0) is 31.0 Å². The number of nitriles is 1. The van der Waals surface area contributed by atoms with Crippen molar-refractivity contribution in [3.63, 3.8) is 0 Å². The summed E-state index contributed by atoms with van der Waals surface area (Å²) in [6.07, 6.45) is 3.98. The first-order valence-electron chi connectivity index (χ1n) is 6.19. The van der Waals surface area contributed by atoms with Gasteiger partial charge in [0.15, 0.2) is 0 Å². The van der Waals surface area contributed by atoms with Gasteiger partial charge < -0.3 is 0 Å². The monoisotopic (exact) mass is 342 g/mol. The summed E-state index contributed by atoms with van der Waals surface area (Å²) < 4.78 is 27.3. The highest BCUT2D eigenvalue weighted by molar-refractivity contribution is 9.09. The first kappa shape index (κ1) is 14.5. The first-order chi connectivity index (χ1) is 9.03. The Hall–Kier alpha value is -0.900. The van der Waals surface area contributed by atoms with Gasteiger partial charge in [0, 0.05) is 10.9 Å². The van der Waals surface area contributed by atoms with Gasteiger partial charge in [-0.1, -0.05) is 34.8 Å². The van der Waals surface area contributed by atoms with Crippen LogP contribution in [-0.2, 0) is 10.0 Å². The minimum absolute atomic E-state index is 0.0792. The molecule has 0 bridgehead atoms. The third-order valence-corrected chi connectivity index (χ3v) is 5.85. The Morgan fingerprint density at radius 3 is 2.74 bits per heavy atom. The second-order valence-corrected chi connectivity index (χ2v) is 7.56. The van der Waals surface area contributed by atoms with Gasteiger partial charge in [-0.15, -0.1) is 0 Å². The first-order valence-corrected chi connectivity index (χ1v) is 8.59. The van der Waals surface area contributed by atoms with Gasteiger partial charge in [0.05, 0.1) is 16.5 Å². The van der Waals surface area contributed by atoms with Crippen LogP contribution >= 0.6 is 15.9 Å². The van der Waals surface area contributed by atoms with Gasteiger partial charge in [0.2, 0.25) is 10.0 Å². The zero-order chi connectivity index (χ0) is 13.9. The molecule has 19 heavy (non-hydrogen) atoms. The van der Waals surface area contributed by atoms with E-state index in [2.05, 4.69) is 20.7 Å². The molecule has 1 aliphatic carbocycles. The molecule has 0 heterocycles. The van der Waals surface area contributed by atoms with E-state index in [-0.39, 0.29) is 15.8 Å². The fraction of sp³-hybridized carbons (Fsp3) is 0.462. The number of rotatable bonds is 3. The van der Waals surface area contributed by atoms with Crippen molar-refractivity contribution in [2.75, 3.05) is 0 Å². The predicted molar refractivity (Wildman–Crippen MR) is 76.4 cm³/mol. The van der Waals surface area contributed by atoms with Crippen molar-refractivity contribution in [1.82, 2.24) is 4.72 Å². The lowest BCUT2D eigenvalue weighted by atomic mass is 9.96. The van der Waals surface area contributed by atoms with Crippen LogP contribution in [0.5, 0.6) is 0 Å². The molecule has 0 saturated heterocycles. The largest absolute Gasteiger partial charge is 0.240 e. The third-order valence-electron chi connectivity index (χ3n) is 3.26. The standard InChI is InChI=1S/C13H15BrN2O2S/c14-12-6-1-2-7-13(12)16-19(17,18)11-5-3-4-10(8-11)9-15/h3-5,8,12-13,16H,1-2,6-7H2. The maximum absolute atomic E-state index is 12.3. The summed E-state index contributed by atoms with van der Waals surface area (Å²) in [5.74, 6) is 0. The molecule has 0 aromatic heterocycles. The zero-order valence-corrected chi connectivity index (χ0v) is 12.7. The molecule has 4 nitrogen and oxygen atoms in total. The van der Waals surface area contributed by atoms with E-state index in [0.717, 1.165) is 25.7 Å². The topological polar surface area (TPSA) is 70.0 Å². The number of nitrogens with zero attached hydrogens (tertiary/aromatic N) is 1. The smallest absolute Gasteiger partial charge is 0.207 e. The number of alkyl halides is 1. The van der Waals surface area contributed by atoms with Crippen molar-refractivity contribution in [2.45, 2.75) is 41.4 Å². The van der Waals surface area contributed by atoms with Gasteiger partial charge in [-0.3, -0.25) is 0 Å². The molecule has 0 amide bonds.